The van der Waals surface area contributed by atoms with E-state index in [1.165, 1.54) is 13.2 Å². The molecule has 7 heteroatoms. The number of carbonyl (C=O) groups excluding carboxylic acids is 2. The number of aromatic hydroxyl groups is 1. The van der Waals surface area contributed by atoms with Crippen LogP contribution in [0.5, 0.6) is 17.2 Å². The Hall–Kier alpha value is -3.87. The maximum atomic E-state index is 12.5. The van der Waals surface area contributed by atoms with Crippen LogP contribution in [0.15, 0.2) is 60.8 Å². The molecule has 0 bridgehead atoms. The van der Waals surface area contributed by atoms with Crippen molar-refractivity contribution in [3.05, 3.63) is 66.4 Å². The number of phenols is 1. The number of phenolic OH excluding ortho intramolecular Hbond substituents is 1. The molecule has 1 aromatic heterocycles. The number of pyridine rings is 1. The number of carbonyl (C=O) groups is 2. The van der Waals surface area contributed by atoms with Gasteiger partial charge in [0.05, 0.1) is 25.1 Å². The van der Waals surface area contributed by atoms with Crippen molar-refractivity contribution < 1.29 is 24.2 Å². The van der Waals surface area contributed by atoms with E-state index in [1.54, 1.807) is 62.5 Å². The van der Waals surface area contributed by atoms with Crippen LogP contribution in [-0.2, 0) is 16.0 Å². The summed E-state index contributed by atoms with van der Waals surface area (Å²) >= 11 is 0. The first-order valence-corrected chi connectivity index (χ1v) is 9.80. The number of amides is 1. The molecule has 0 aliphatic rings. The molecular weight excluding hydrogens is 396 g/mol. The molecule has 0 fully saturated rings. The molecule has 0 radical (unpaired) electrons. The van der Waals surface area contributed by atoms with E-state index in [9.17, 15) is 14.7 Å². The minimum absolute atomic E-state index is 0.0160. The summed E-state index contributed by atoms with van der Waals surface area (Å²) in [6.07, 6.45) is 1.69. The molecule has 160 valence electrons. The van der Waals surface area contributed by atoms with Crippen LogP contribution in [0, 0.1) is 5.92 Å². The van der Waals surface area contributed by atoms with Crippen molar-refractivity contribution in [2.24, 2.45) is 5.92 Å². The third kappa shape index (κ3) is 5.60. The zero-order valence-corrected chi connectivity index (χ0v) is 17.6. The Morgan fingerprint density at radius 2 is 1.84 bits per heavy atom. The van der Waals surface area contributed by atoms with E-state index in [2.05, 4.69) is 10.3 Å². The van der Waals surface area contributed by atoms with Gasteiger partial charge in [0.15, 0.2) is 11.5 Å². The van der Waals surface area contributed by atoms with Gasteiger partial charge >= 0.3 is 5.97 Å². The smallest absolute Gasteiger partial charge is 0.313 e. The Balaban J connectivity index is 1.77. The summed E-state index contributed by atoms with van der Waals surface area (Å²) in [6.45, 7) is 3.53. The fourth-order valence-corrected chi connectivity index (χ4v) is 2.87. The molecule has 2 N–H and O–H groups in total. The molecule has 31 heavy (non-hydrogen) atoms. The average Bonchev–Trinajstić information content (AvgIpc) is 2.75. The zero-order chi connectivity index (χ0) is 22.4. The minimum Gasteiger partial charge on any atom is -0.504 e. The number of aromatic nitrogens is 1. The molecule has 0 saturated carbocycles. The second kappa shape index (κ2) is 9.75. The SMILES string of the molecule is COc1cc(CC(=O)Nc2ccnc(-c3ccccc3OC(=O)C(C)C)c2)ccc1O. The van der Waals surface area contributed by atoms with Gasteiger partial charge in [0.2, 0.25) is 5.91 Å². The number of anilines is 1. The molecule has 3 aromatic rings. The summed E-state index contributed by atoms with van der Waals surface area (Å²) < 4.78 is 10.6. The molecule has 7 nitrogen and oxygen atoms in total. The lowest BCUT2D eigenvalue weighted by Crippen LogP contribution is -2.15. The van der Waals surface area contributed by atoms with E-state index in [0.717, 1.165) is 0 Å². The van der Waals surface area contributed by atoms with Crippen LogP contribution in [0.1, 0.15) is 19.4 Å². The molecule has 0 unspecified atom stereocenters. The normalized spacial score (nSPS) is 10.6. The molecule has 0 atom stereocenters. The monoisotopic (exact) mass is 420 g/mol. The summed E-state index contributed by atoms with van der Waals surface area (Å²) in [7, 11) is 1.45. The van der Waals surface area contributed by atoms with Gasteiger partial charge in [-0.15, -0.1) is 0 Å². The van der Waals surface area contributed by atoms with Gasteiger partial charge in [-0.3, -0.25) is 14.6 Å². The van der Waals surface area contributed by atoms with Crippen LogP contribution in [-0.4, -0.2) is 29.1 Å². The van der Waals surface area contributed by atoms with E-state index >= 15 is 0 Å². The highest BCUT2D eigenvalue weighted by Crippen LogP contribution is 2.30. The third-order valence-electron chi connectivity index (χ3n) is 4.50. The number of esters is 1. The number of nitrogens with zero attached hydrogens (tertiary/aromatic N) is 1. The van der Waals surface area contributed by atoms with E-state index < -0.39 is 0 Å². The fraction of sp³-hybridized carbons (Fsp3) is 0.208. The highest BCUT2D eigenvalue weighted by molar-refractivity contribution is 5.93. The number of nitrogens with one attached hydrogen (secondary N) is 1. The number of hydrogen-bond acceptors (Lipinski definition) is 6. The predicted molar refractivity (Wildman–Crippen MR) is 117 cm³/mol. The Morgan fingerprint density at radius 1 is 1.06 bits per heavy atom. The van der Waals surface area contributed by atoms with Gasteiger partial charge in [-0.05, 0) is 42.0 Å². The second-order valence-corrected chi connectivity index (χ2v) is 7.23. The first kappa shape index (κ1) is 21.8. The Bertz CT molecular complexity index is 1090. The largest absolute Gasteiger partial charge is 0.504 e. The summed E-state index contributed by atoms with van der Waals surface area (Å²) in [6, 6.07) is 15.3. The zero-order valence-electron chi connectivity index (χ0n) is 17.6. The van der Waals surface area contributed by atoms with Gasteiger partial charge < -0.3 is 19.9 Å². The van der Waals surface area contributed by atoms with Crippen LogP contribution in [0.25, 0.3) is 11.3 Å². The first-order chi connectivity index (χ1) is 14.9. The molecule has 0 aliphatic heterocycles. The average molecular weight is 420 g/mol. The summed E-state index contributed by atoms with van der Waals surface area (Å²) in [5, 5.41) is 12.5. The van der Waals surface area contributed by atoms with Gasteiger partial charge in [0, 0.05) is 17.4 Å². The molecule has 0 spiro atoms. The summed E-state index contributed by atoms with van der Waals surface area (Å²) in [5.41, 5.74) is 2.48. The van der Waals surface area contributed by atoms with E-state index in [1.807, 2.05) is 6.07 Å². The standard InChI is InChI=1S/C24H24N2O5/c1-15(2)24(29)31-21-7-5-4-6-18(21)19-14-17(10-11-25-19)26-23(28)13-16-8-9-20(27)22(12-16)30-3/h4-12,14-15,27H,13H2,1-3H3,(H,25,26,28). The highest BCUT2D eigenvalue weighted by atomic mass is 16.5. The summed E-state index contributed by atoms with van der Waals surface area (Å²) in [5.74, 6) is -0.0875. The highest BCUT2D eigenvalue weighted by Gasteiger charge is 2.15. The Morgan fingerprint density at radius 3 is 2.58 bits per heavy atom. The second-order valence-electron chi connectivity index (χ2n) is 7.23. The molecule has 0 aliphatic carbocycles. The fourth-order valence-electron chi connectivity index (χ4n) is 2.87. The van der Waals surface area contributed by atoms with Gasteiger partial charge in [0.25, 0.3) is 0 Å². The van der Waals surface area contributed by atoms with Crippen LogP contribution in [0.3, 0.4) is 0 Å². The number of benzene rings is 2. The predicted octanol–water partition coefficient (Wildman–Crippen LogP) is 4.21. The maximum Gasteiger partial charge on any atom is 0.313 e. The molecule has 2 aromatic carbocycles. The van der Waals surface area contributed by atoms with E-state index in [-0.39, 0.29) is 30.0 Å². The van der Waals surface area contributed by atoms with Crippen LogP contribution >= 0.6 is 0 Å². The van der Waals surface area contributed by atoms with Crippen molar-refractivity contribution in [1.29, 1.82) is 0 Å². The number of rotatable bonds is 7. The number of methoxy groups -OCH3 is 1. The van der Waals surface area contributed by atoms with Crippen LogP contribution < -0.4 is 14.8 Å². The van der Waals surface area contributed by atoms with Gasteiger partial charge in [0.1, 0.15) is 5.75 Å². The minimum atomic E-state index is -0.332. The van der Waals surface area contributed by atoms with Crippen molar-refractivity contribution in [3.8, 4) is 28.5 Å². The van der Waals surface area contributed by atoms with Crippen molar-refractivity contribution in [1.82, 2.24) is 4.98 Å². The summed E-state index contributed by atoms with van der Waals surface area (Å²) in [4.78, 5) is 28.9. The van der Waals surface area contributed by atoms with E-state index in [0.29, 0.717) is 34.0 Å². The van der Waals surface area contributed by atoms with Crippen molar-refractivity contribution >= 4 is 17.6 Å². The lowest BCUT2D eigenvalue weighted by molar-refractivity contribution is -0.137. The Labute approximate surface area is 180 Å². The topological polar surface area (TPSA) is 97.8 Å². The quantitative estimate of drug-likeness (QED) is 0.439. The number of para-hydroxylation sites is 1. The van der Waals surface area contributed by atoms with Crippen LogP contribution in [0.2, 0.25) is 0 Å². The molecule has 3 rings (SSSR count). The van der Waals surface area contributed by atoms with Crippen molar-refractivity contribution in [2.75, 3.05) is 12.4 Å². The third-order valence-corrected chi connectivity index (χ3v) is 4.50. The molecule has 0 saturated heterocycles. The molecule has 1 heterocycles. The van der Waals surface area contributed by atoms with Gasteiger partial charge in [-0.1, -0.05) is 32.0 Å². The molecule has 1 amide bonds. The molecular formula is C24H24N2O5. The number of ether oxygens (including phenoxy) is 2. The van der Waals surface area contributed by atoms with Crippen molar-refractivity contribution in [2.45, 2.75) is 20.3 Å². The van der Waals surface area contributed by atoms with Crippen LogP contribution in [0.4, 0.5) is 5.69 Å². The first-order valence-electron chi connectivity index (χ1n) is 9.80. The lowest BCUT2D eigenvalue weighted by atomic mass is 10.1. The van der Waals surface area contributed by atoms with Crippen molar-refractivity contribution in [3.63, 3.8) is 0 Å². The van der Waals surface area contributed by atoms with Gasteiger partial charge in [-0.2, -0.15) is 0 Å². The Kier molecular flexibility index (Phi) is 6.87. The maximum absolute atomic E-state index is 12.5. The lowest BCUT2D eigenvalue weighted by Gasteiger charge is -2.12. The number of hydrogen-bond donors (Lipinski definition) is 2. The van der Waals surface area contributed by atoms with E-state index in [4.69, 9.17) is 9.47 Å². The van der Waals surface area contributed by atoms with Gasteiger partial charge in [-0.25, -0.2) is 0 Å².